The minimum atomic E-state index is -1.36. The normalized spacial score (nSPS) is 36.2. The topological polar surface area (TPSA) is 120 Å². The van der Waals surface area contributed by atoms with Gasteiger partial charge in [-0.3, -0.25) is 4.79 Å². The summed E-state index contributed by atoms with van der Waals surface area (Å²) in [4.78, 5) is 15.4. The maximum absolute atomic E-state index is 13.5. The van der Waals surface area contributed by atoms with Crippen LogP contribution in [-0.2, 0) is 16.1 Å². The van der Waals surface area contributed by atoms with Gasteiger partial charge in [-0.15, -0.1) is 0 Å². The van der Waals surface area contributed by atoms with Gasteiger partial charge in [-0.05, 0) is 123 Å². The van der Waals surface area contributed by atoms with Crippen molar-refractivity contribution in [1.82, 2.24) is 4.90 Å². The van der Waals surface area contributed by atoms with E-state index >= 15 is 0 Å². The summed E-state index contributed by atoms with van der Waals surface area (Å²) in [5.41, 5.74) is 3.80. The lowest BCUT2D eigenvalue weighted by Gasteiger charge is -2.45. The van der Waals surface area contributed by atoms with Crippen LogP contribution in [0.25, 0.3) is 0 Å². The molecule has 2 unspecified atom stereocenters. The molecule has 1 aliphatic heterocycles. The van der Waals surface area contributed by atoms with Gasteiger partial charge in [-0.1, -0.05) is 44.2 Å². The monoisotopic (exact) mass is 665 g/mol. The highest BCUT2D eigenvalue weighted by atomic mass is 16.5. The number of fused-ring (bicyclic) bond motifs is 1. The Kier molecular flexibility index (Phi) is 11.6. The average molecular weight is 666 g/mol. The van der Waals surface area contributed by atoms with Crippen LogP contribution in [0.1, 0.15) is 96.6 Å². The largest absolute Gasteiger partial charge is 0.494 e. The maximum atomic E-state index is 13.5. The number of aryl methyl sites for hydroxylation is 1. The van der Waals surface area contributed by atoms with E-state index in [2.05, 4.69) is 38.6 Å². The van der Waals surface area contributed by atoms with Gasteiger partial charge in [0.2, 0.25) is 0 Å². The smallest absolute Gasteiger partial charge is 0.254 e. The minimum Gasteiger partial charge on any atom is -0.494 e. The number of benzene rings is 1. The first-order valence-electron chi connectivity index (χ1n) is 18.2. The molecular weight excluding hydrogens is 606 g/mol. The first-order chi connectivity index (χ1) is 22.8. The molecule has 0 aromatic heterocycles. The number of rotatable bonds is 12. The molecule has 4 N–H and O–H groups in total. The lowest BCUT2D eigenvalue weighted by molar-refractivity contribution is -0.142. The molecule has 3 aliphatic carbocycles. The van der Waals surface area contributed by atoms with Crippen LogP contribution in [0, 0.1) is 30.1 Å². The zero-order valence-electron chi connectivity index (χ0n) is 29.8. The number of nitrogens with zero attached hydrogens (tertiary/aromatic N) is 1. The number of aliphatic hydroxyl groups is 4. The summed E-state index contributed by atoms with van der Waals surface area (Å²) in [5.74, 6) is 1.98. The van der Waals surface area contributed by atoms with Gasteiger partial charge < -0.3 is 34.8 Å². The standard InChI is InChI=1S/C40H59NO7/c1-7-47-32-19-25(2)18-28(21-32)24-41-31(23-40(6,46)38(41)45)20-26(3)33-13-14-34-29(10-8-15-39(33,34)5)11-12-30-22-35(43)37(36(44)27(30)4)48-17-9-16-42/h11-12,18-19,21,26,31,33-37,42-44,46H,4,7-10,13-17,20,22-24H2,1-3,5-6H3/b29-11+,30-12-/t26-,31?,33-,34+,35-,36-,37+,39-,40?/m1/s1. The summed E-state index contributed by atoms with van der Waals surface area (Å²) >= 11 is 0. The second-order valence-corrected chi connectivity index (χ2v) is 15.5. The van der Waals surface area contributed by atoms with E-state index in [0.717, 1.165) is 54.6 Å². The number of allylic oxidation sites excluding steroid dienone is 3. The molecule has 0 bridgehead atoms. The maximum Gasteiger partial charge on any atom is 0.254 e. The van der Waals surface area contributed by atoms with Crippen LogP contribution in [0.5, 0.6) is 5.75 Å². The summed E-state index contributed by atoms with van der Waals surface area (Å²) < 4.78 is 11.5. The van der Waals surface area contributed by atoms with Crippen LogP contribution in [0.2, 0.25) is 0 Å². The Labute approximate surface area is 287 Å². The summed E-state index contributed by atoms with van der Waals surface area (Å²) in [6.07, 6.45) is 9.49. The number of aliphatic hydroxyl groups excluding tert-OH is 3. The molecule has 48 heavy (non-hydrogen) atoms. The Hall–Kier alpha value is -2.49. The number of likely N-dealkylation sites (tertiary alicyclic amines) is 1. The number of amides is 1. The summed E-state index contributed by atoms with van der Waals surface area (Å²) in [7, 11) is 0. The van der Waals surface area contributed by atoms with Crippen molar-refractivity contribution in [3.05, 3.63) is 64.8 Å². The lowest BCUT2D eigenvalue weighted by atomic mass is 9.60. The Morgan fingerprint density at radius 2 is 1.94 bits per heavy atom. The van der Waals surface area contributed by atoms with Crippen molar-refractivity contribution in [3.63, 3.8) is 0 Å². The van der Waals surface area contributed by atoms with Gasteiger partial charge in [-0.2, -0.15) is 0 Å². The van der Waals surface area contributed by atoms with E-state index in [0.29, 0.717) is 55.7 Å². The molecule has 5 rings (SSSR count). The number of ether oxygens (including phenoxy) is 2. The molecule has 9 atom stereocenters. The van der Waals surface area contributed by atoms with Crippen LogP contribution >= 0.6 is 0 Å². The third-order valence-electron chi connectivity index (χ3n) is 11.9. The highest BCUT2D eigenvalue weighted by Crippen LogP contribution is 2.60. The lowest BCUT2D eigenvalue weighted by Crippen LogP contribution is -2.45. The van der Waals surface area contributed by atoms with E-state index in [1.165, 1.54) is 12.0 Å². The predicted octanol–water partition coefficient (Wildman–Crippen LogP) is 5.79. The molecular formula is C40H59NO7. The molecule has 0 radical (unpaired) electrons. The molecule has 1 aromatic rings. The molecule has 4 fully saturated rings. The van der Waals surface area contributed by atoms with Crippen LogP contribution in [0.15, 0.2) is 53.6 Å². The molecule has 1 saturated heterocycles. The Morgan fingerprint density at radius 3 is 2.67 bits per heavy atom. The Balaban J connectivity index is 1.28. The van der Waals surface area contributed by atoms with Crippen molar-refractivity contribution >= 4 is 5.91 Å². The third kappa shape index (κ3) is 7.63. The van der Waals surface area contributed by atoms with Crippen molar-refractivity contribution in [2.75, 3.05) is 19.8 Å². The zero-order chi connectivity index (χ0) is 34.8. The van der Waals surface area contributed by atoms with Crippen molar-refractivity contribution in [2.24, 2.45) is 23.2 Å². The highest BCUT2D eigenvalue weighted by Gasteiger charge is 2.53. The second-order valence-electron chi connectivity index (χ2n) is 15.5. The molecule has 4 aliphatic rings. The van der Waals surface area contributed by atoms with E-state index < -0.39 is 23.9 Å². The Morgan fingerprint density at radius 1 is 1.17 bits per heavy atom. The van der Waals surface area contributed by atoms with Crippen LogP contribution in [-0.4, -0.2) is 81.0 Å². The zero-order valence-corrected chi connectivity index (χ0v) is 29.8. The molecule has 8 heteroatoms. The van der Waals surface area contributed by atoms with Gasteiger partial charge in [0.1, 0.15) is 23.6 Å². The molecule has 8 nitrogen and oxygen atoms in total. The van der Waals surface area contributed by atoms with Crippen LogP contribution < -0.4 is 4.74 Å². The van der Waals surface area contributed by atoms with Crippen molar-refractivity contribution in [3.8, 4) is 5.75 Å². The van der Waals surface area contributed by atoms with Crippen molar-refractivity contribution < 1.29 is 34.7 Å². The molecule has 1 heterocycles. The fraction of sp³-hybridized carbons (Fsp3) is 0.675. The molecule has 0 spiro atoms. The summed E-state index contributed by atoms with van der Waals surface area (Å²) in [6, 6.07) is 6.10. The predicted molar refractivity (Wildman–Crippen MR) is 187 cm³/mol. The number of hydrogen-bond donors (Lipinski definition) is 4. The third-order valence-corrected chi connectivity index (χ3v) is 11.9. The van der Waals surface area contributed by atoms with E-state index in [1.54, 1.807) is 6.92 Å². The first-order valence-corrected chi connectivity index (χ1v) is 18.2. The number of hydrogen-bond acceptors (Lipinski definition) is 7. The van der Waals surface area contributed by atoms with Gasteiger partial charge in [0.25, 0.3) is 5.91 Å². The van der Waals surface area contributed by atoms with Crippen molar-refractivity contribution in [2.45, 2.75) is 129 Å². The first kappa shape index (κ1) is 36.8. The van der Waals surface area contributed by atoms with E-state index in [9.17, 15) is 20.1 Å². The van der Waals surface area contributed by atoms with E-state index in [4.69, 9.17) is 14.6 Å². The van der Waals surface area contributed by atoms with Gasteiger partial charge in [-0.25, -0.2) is 0 Å². The second kappa shape index (κ2) is 15.2. The van der Waals surface area contributed by atoms with Gasteiger partial charge in [0.05, 0.1) is 12.7 Å². The fourth-order valence-corrected chi connectivity index (χ4v) is 9.65. The molecule has 1 aromatic carbocycles. The van der Waals surface area contributed by atoms with Gasteiger partial charge in [0.15, 0.2) is 0 Å². The molecule has 1 amide bonds. The van der Waals surface area contributed by atoms with Gasteiger partial charge >= 0.3 is 0 Å². The molecule has 266 valence electrons. The van der Waals surface area contributed by atoms with Crippen LogP contribution in [0.3, 0.4) is 0 Å². The van der Waals surface area contributed by atoms with Crippen LogP contribution in [0.4, 0.5) is 0 Å². The Bertz CT molecular complexity index is 1380. The fourth-order valence-electron chi connectivity index (χ4n) is 9.65. The average Bonchev–Trinajstić information content (AvgIpc) is 3.48. The van der Waals surface area contributed by atoms with E-state index in [1.807, 2.05) is 30.9 Å². The minimum absolute atomic E-state index is 0.00315. The summed E-state index contributed by atoms with van der Waals surface area (Å²) in [5, 5.41) is 41.8. The number of carbonyl (C=O) groups is 1. The SMILES string of the molecule is C=C1/C(=C\C=C2/CCC[C@]3(C)[C@@H]([C@H](C)CC4CC(C)(O)C(=O)N4Cc4cc(C)cc(OCC)c4)CC[C@@H]23)C[C@@H](O)[C@H](OCCCO)[C@@H]1O. The number of carbonyl (C=O) groups excluding carboxylic acids is 1. The summed E-state index contributed by atoms with van der Waals surface area (Å²) in [6.45, 7) is 16.0. The molecule has 3 saturated carbocycles. The van der Waals surface area contributed by atoms with Crippen molar-refractivity contribution in [1.29, 1.82) is 0 Å². The van der Waals surface area contributed by atoms with E-state index in [-0.39, 0.29) is 30.6 Å². The van der Waals surface area contributed by atoms with Gasteiger partial charge in [0, 0.05) is 38.6 Å². The highest BCUT2D eigenvalue weighted by molar-refractivity contribution is 5.87. The quantitative estimate of drug-likeness (QED) is 0.209.